The number of methoxy groups -OCH3 is 1. The number of carbonyl (C=O) groups is 1. The van der Waals surface area contributed by atoms with Crippen molar-refractivity contribution in [1.29, 1.82) is 0 Å². The molecule has 0 bridgehead atoms. The molecule has 0 saturated heterocycles. The molecule has 0 aromatic heterocycles. The number of hydrogen-bond donors (Lipinski definition) is 0. The molecule has 2 rings (SSSR count). The Morgan fingerprint density at radius 1 is 1.43 bits per heavy atom. The molecule has 0 unspecified atom stereocenters. The molecule has 1 fully saturated rings. The van der Waals surface area contributed by atoms with Gasteiger partial charge < -0.3 is 9.64 Å². The minimum atomic E-state index is -0.414. The van der Waals surface area contributed by atoms with Crippen LogP contribution in [0.1, 0.15) is 38.7 Å². The van der Waals surface area contributed by atoms with E-state index in [1.165, 1.54) is 13.2 Å². The number of rotatable bonds is 7. The van der Waals surface area contributed by atoms with Crippen molar-refractivity contribution in [2.75, 3.05) is 13.7 Å². The monoisotopic (exact) mass is 293 g/mol. The van der Waals surface area contributed by atoms with E-state index >= 15 is 0 Å². The third-order valence-electron chi connectivity index (χ3n) is 3.83. The molecule has 1 aromatic carbocycles. The molecule has 4 heteroatoms. The highest BCUT2D eigenvalue weighted by Crippen LogP contribution is 2.28. The van der Waals surface area contributed by atoms with Crippen molar-refractivity contribution in [2.24, 2.45) is 5.92 Å². The van der Waals surface area contributed by atoms with Gasteiger partial charge in [-0.1, -0.05) is 19.9 Å². The van der Waals surface area contributed by atoms with Crippen molar-refractivity contribution < 1.29 is 13.9 Å². The van der Waals surface area contributed by atoms with Crippen LogP contribution >= 0.6 is 0 Å². The van der Waals surface area contributed by atoms with Crippen molar-refractivity contribution in [1.82, 2.24) is 4.90 Å². The van der Waals surface area contributed by atoms with E-state index < -0.39 is 5.82 Å². The molecule has 21 heavy (non-hydrogen) atoms. The molecule has 0 N–H and O–H groups in total. The van der Waals surface area contributed by atoms with Crippen LogP contribution in [0.15, 0.2) is 18.2 Å². The summed E-state index contributed by atoms with van der Waals surface area (Å²) in [6.45, 7) is 5.13. The summed E-state index contributed by atoms with van der Waals surface area (Å²) >= 11 is 0. The van der Waals surface area contributed by atoms with Crippen LogP contribution in [-0.4, -0.2) is 30.5 Å². The minimum absolute atomic E-state index is 0.0997. The van der Waals surface area contributed by atoms with Gasteiger partial charge in [0.05, 0.1) is 13.5 Å². The first-order valence-corrected chi connectivity index (χ1v) is 7.63. The van der Waals surface area contributed by atoms with Crippen LogP contribution in [0, 0.1) is 11.7 Å². The predicted molar refractivity (Wildman–Crippen MR) is 80.8 cm³/mol. The first-order valence-electron chi connectivity index (χ1n) is 7.63. The number of hydrogen-bond acceptors (Lipinski definition) is 2. The standard InChI is InChI=1S/C17H24FNO2/c1-12(2)8-9-19(14-5-6-14)17(20)11-13-4-7-16(21-3)15(18)10-13/h4,7,10,12,14H,5-6,8-9,11H2,1-3H3. The molecule has 1 aliphatic rings. The number of nitrogens with zero attached hydrogens (tertiary/aromatic N) is 1. The van der Waals surface area contributed by atoms with E-state index in [0.29, 0.717) is 17.5 Å². The Kier molecular flexibility index (Phi) is 5.21. The molecule has 1 aromatic rings. The largest absolute Gasteiger partial charge is 0.494 e. The highest BCUT2D eigenvalue weighted by Gasteiger charge is 2.32. The maximum atomic E-state index is 13.7. The SMILES string of the molecule is COc1ccc(CC(=O)N(CCC(C)C)C2CC2)cc1F. The zero-order valence-electron chi connectivity index (χ0n) is 13.1. The van der Waals surface area contributed by atoms with Gasteiger partial charge in [-0.3, -0.25) is 4.79 Å². The van der Waals surface area contributed by atoms with Gasteiger partial charge in [-0.05, 0) is 42.9 Å². The van der Waals surface area contributed by atoms with Crippen molar-refractivity contribution >= 4 is 5.91 Å². The van der Waals surface area contributed by atoms with Crippen molar-refractivity contribution in [3.8, 4) is 5.75 Å². The third kappa shape index (κ3) is 4.45. The van der Waals surface area contributed by atoms with E-state index in [0.717, 1.165) is 25.8 Å². The minimum Gasteiger partial charge on any atom is -0.494 e. The van der Waals surface area contributed by atoms with Crippen molar-refractivity contribution in [2.45, 2.75) is 45.6 Å². The number of benzene rings is 1. The van der Waals surface area contributed by atoms with Crippen LogP contribution in [0.25, 0.3) is 0 Å². The molecule has 0 spiro atoms. The maximum Gasteiger partial charge on any atom is 0.227 e. The van der Waals surface area contributed by atoms with Crippen LogP contribution in [-0.2, 0) is 11.2 Å². The molecule has 0 aliphatic heterocycles. The van der Waals surface area contributed by atoms with Gasteiger partial charge in [-0.2, -0.15) is 0 Å². The number of amides is 1. The van der Waals surface area contributed by atoms with Crippen molar-refractivity contribution in [3.05, 3.63) is 29.6 Å². The fraction of sp³-hybridized carbons (Fsp3) is 0.588. The first-order chi connectivity index (χ1) is 10.0. The molecular formula is C17H24FNO2. The van der Waals surface area contributed by atoms with Crippen LogP contribution in [0.2, 0.25) is 0 Å². The van der Waals surface area contributed by atoms with E-state index in [1.54, 1.807) is 12.1 Å². The average molecular weight is 293 g/mol. The van der Waals surface area contributed by atoms with Gasteiger partial charge in [0.2, 0.25) is 5.91 Å². The van der Waals surface area contributed by atoms with Crippen molar-refractivity contribution in [3.63, 3.8) is 0 Å². The van der Waals surface area contributed by atoms with E-state index in [-0.39, 0.29) is 18.1 Å². The second-order valence-electron chi connectivity index (χ2n) is 6.15. The number of carbonyl (C=O) groups excluding carboxylic acids is 1. The van der Waals surface area contributed by atoms with Gasteiger partial charge in [-0.25, -0.2) is 4.39 Å². The fourth-order valence-electron chi connectivity index (χ4n) is 2.39. The van der Waals surface area contributed by atoms with Crippen LogP contribution < -0.4 is 4.74 Å². The fourth-order valence-corrected chi connectivity index (χ4v) is 2.39. The van der Waals surface area contributed by atoms with Gasteiger partial charge in [-0.15, -0.1) is 0 Å². The molecular weight excluding hydrogens is 269 g/mol. The Morgan fingerprint density at radius 3 is 2.67 bits per heavy atom. The lowest BCUT2D eigenvalue weighted by Gasteiger charge is -2.23. The summed E-state index contributed by atoms with van der Waals surface area (Å²) in [7, 11) is 1.43. The molecule has 3 nitrogen and oxygen atoms in total. The Balaban J connectivity index is 1.99. The lowest BCUT2D eigenvalue weighted by Crippen LogP contribution is -2.35. The zero-order chi connectivity index (χ0) is 15.4. The van der Waals surface area contributed by atoms with Crippen LogP contribution in [0.4, 0.5) is 4.39 Å². The Bertz CT molecular complexity index is 498. The summed E-state index contributed by atoms with van der Waals surface area (Å²) in [6, 6.07) is 5.13. The summed E-state index contributed by atoms with van der Waals surface area (Å²) in [5.74, 6) is 0.480. The second kappa shape index (κ2) is 6.92. The number of halogens is 1. The van der Waals surface area contributed by atoms with Gasteiger partial charge in [0.15, 0.2) is 11.6 Å². The first kappa shape index (κ1) is 15.8. The van der Waals surface area contributed by atoms with Gasteiger partial charge in [0.25, 0.3) is 0 Å². The molecule has 116 valence electrons. The quantitative estimate of drug-likeness (QED) is 0.771. The highest BCUT2D eigenvalue weighted by molar-refractivity contribution is 5.79. The number of ether oxygens (including phenoxy) is 1. The molecule has 0 atom stereocenters. The summed E-state index contributed by atoms with van der Waals surface area (Å²) in [4.78, 5) is 14.4. The van der Waals surface area contributed by atoms with E-state index in [9.17, 15) is 9.18 Å². The molecule has 0 heterocycles. The summed E-state index contributed by atoms with van der Waals surface area (Å²) in [5, 5.41) is 0. The second-order valence-corrected chi connectivity index (χ2v) is 6.15. The van der Waals surface area contributed by atoms with Gasteiger partial charge in [0, 0.05) is 12.6 Å². The Hall–Kier alpha value is -1.58. The molecule has 0 radical (unpaired) electrons. The van der Waals surface area contributed by atoms with Crippen LogP contribution in [0.3, 0.4) is 0 Å². The van der Waals surface area contributed by atoms with Crippen LogP contribution in [0.5, 0.6) is 5.75 Å². The summed E-state index contributed by atoms with van der Waals surface area (Å²) in [6.07, 6.45) is 3.47. The predicted octanol–water partition coefficient (Wildman–Crippen LogP) is 3.41. The van der Waals surface area contributed by atoms with E-state index in [2.05, 4.69) is 13.8 Å². The summed E-state index contributed by atoms with van der Waals surface area (Å²) < 4.78 is 18.6. The van der Waals surface area contributed by atoms with Gasteiger partial charge >= 0.3 is 0 Å². The zero-order valence-corrected chi connectivity index (χ0v) is 13.1. The Labute approximate surface area is 126 Å². The highest BCUT2D eigenvalue weighted by atomic mass is 19.1. The topological polar surface area (TPSA) is 29.5 Å². The van der Waals surface area contributed by atoms with Gasteiger partial charge in [0.1, 0.15) is 0 Å². The molecule has 1 aliphatic carbocycles. The average Bonchev–Trinajstić information content (AvgIpc) is 3.23. The smallest absolute Gasteiger partial charge is 0.227 e. The lowest BCUT2D eigenvalue weighted by molar-refractivity contribution is -0.131. The molecule has 1 amide bonds. The van der Waals surface area contributed by atoms with E-state index in [4.69, 9.17) is 4.74 Å². The third-order valence-corrected chi connectivity index (χ3v) is 3.83. The lowest BCUT2D eigenvalue weighted by atomic mass is 10.1. The van der Waals surface area contributed by atoms with E-state index in [1.807, 2.05) is 4.90 Å². The maximum absolute atomic E-state index is 13.7. The normalized spacial score (nSPS) is 14.3. The summed E-state index contributed by atoms with van der Waals surface area (Å²) in [5.41, 5.74) is 0.702. The molecule has 1 saturated carbocycles. The Morgan fingerprint density at radius 2 is 2.14 bits per heavy atom.